The standard InChI is InChI=1S/C15H15N3O3.CH4N2O/c1-10-4-3-5-11(2)14(10)17-15(19)16-12-6-8-13(9-7-12)18(20)21;2-1(3)4/h3-9H,1-2H3,(H2,16,17,19);(H4,2,3,4). The Labute approximate surface area is 144 Å². The van der Waals surface area contributed by atoms with E-state index in [1.807, 2.05) is 32.0 Å². The number of primary amides is 2. The monoisotopic (exact) mass is 345 g/mol. The molecule has 4 amide bonds. The van der Waals surface area contributed by atoms with E-state index >= 15 is 0 Å². The van der Waals surface area contributed by atoms with Crippen molar-refractivity contribution < 1.29 is 14.5 Å². The van der Waals surface area contributed by atoms with Gasteiger partial charge in [0.2, 0.25) is 0 Å². The summed E-state index contributed by atoms with van der Waals surface area (Å²) in [5.41, 5.74) is 11.7. The van der Waals surface area contributed by atoms with Gasteiger partial charge in [0.25, 0.3) is 5.69 Å². The molecule has 0 radical (unpaired) electrons. The van der Waals surface area contributed by atoms with Crippen LogP contribution in [-0.2, 0) is 0 Å². The van der Waals surface area contributed by atoms with Gasteiger partial charge in [0.05, 0.1) is 4.92 Å². The number of benzene rings is 2. The molecular weight excluding hydrogens is 326 g/mol. The first-order valence-electron chi connectivity index (χ1n) is 7.14. The Hall–Kier alpha value is -3.62. The number of nitro benzene ring substituents is 1. The largest absolute Gasteiger partial charge is 0.352 e. The van der Waals surface area contributed by atoms with Gasteiger partial charge in [-0.1, -0.05) is 18.2 Å². The second kappa shape index (κ2) is 8.87. The number of urea groups is 2. The molecule has 9 nitrogen and oxygen atoms in total. The Morgan fingerprint density at radius 2 is 1.44 bits per heavy atom. The minimum absolute atomic E-state index is 0.0179. The second-order valence-electron chi connectivity index (χ2n) is 5.05. The Morgan fingerprint density at radius 1 is 0.960 bits per heavy atom. The highest BCUT2D eigenvalue weighted by molar-refractivity contribution is 6.00. The van der Waals surface area contributed by atoms with E-state index in [2.05, 4.69) is 22.1 Å². The number of aryl methyl sites for hydroxylation is 2. The van der Waals surface area contributed by atoms with Crippen molar-refractivity contribution in [1.82, 2.24) is 0 Å². The predicted octanol–water partition coefficient (Wildman–Crippen LogP) is 2.88. The molecule has 0 spiro atoms. The number of carbonyl (C=O) groups excluding carboxylic acids is 2. The molecule has 0 fully saturated rings. The average molecular weight is 345 g/mol. The van der Waals surface area contributed by atoms with Gasteiger partial charge in [-0.25, -0.2) is 9.59 Å². The third-order valence-corrected chi connectivity index (χ3v) is 3.06. The lowest BCUT2D eigenvalue weighted by atomic mass is 10.1. The second-order valence-corrected chi connectivity index (χ2v) is 5.05. The zero-order chi connectivity index (χ0) is 19.0. The van der Waals surface area contributed by atoms with Crippen molar-refractivity contribution in [3.8, 4) is 0 Å². The zero-order valence-corrected chi connectivity index (χ0v) is 13.8. The molecule has 2 rings (SSSR count). The number of hydrogen-bond donors (Lipinski definition) is 4. The van der Waals surface area contributed by atoms with E-state index < -0.39 is 11.0 Å². The molecule has 0 aliphatic rings. The molecule has 0 aromatic heterocycles. The molecule has 0 saturated carbocycles. The van der Waals surface area contributed by atoms with Crippen LogP contribution >= 0.6 is 0 Å². The van der Waals surface area contributed by atoms with E-state index in [1.165, 1.54) is 24.3 Å². The summed E-state index contributed by atoms with van der Waals surface area (Å²) >= 11 is 0. The van der Waals surface area contributed by atoms with Gasteiger partial charge >= 0.3 is 12.1 Å². The van der Waals surface area contributed by atoms with Gasteiger partial charge in [-0.3, -0.25) is 10.1 Å². The number of nitrogens with one attached hydrogen (secondary N) is 2. The van der Waals surface area contributed by atoms with Crippen molar-refractivity contribution in [3.05, 3.63) is 63.7 Å². The number of rotatable bonds is 3. The minimum Gasteiger partial charge on any atom is -0.352 e. The van der Waals surface area contributed by atoms with E-state index in [4.69, 9.17) is 4.79 Å². The smallest absolute Gasteiger partial charge is 0.323 e. The first kappa shape index (κ1) is 19.4. The predicted molar refractivity (Wildman–Crippen MR) is 95.4 cm³/mol. The number of carbonyl (C=O) groups is 2. The molecule has 0 heterocycles. The van der Waals surface area contributed by atoms with Gasteiger partial charge in [-0.2, -0.15) is 0 Å². The number of non-ortho nitro benzene ring substituents is 1. The fourth-order valence-electron chi connectivity index (χ4n) is 1.95. The highest BCUT2D eigenvalue weighted by atomic mass is 16.6. The molecule has 9 heteroatoms. The van der Waals surface area contributed by atoms with E-state index in [9.17, 15) is 14.9 Å². The van der Waals surface area contributed by atoms with Crippen LogP contribution in [0, 0.1) is 24.0 Å². The third kappa shape index (κ3) is 6.57. The van der Waals surface area contributed by atoms with Crippen molar-refractivity contribution in [1.29, 1.82) is 0 Å². The van der Waals surface area contributed by atoms with Crippen LogP contribution < -0.4 is 22.1 Å². The van der Waals surface area contributed by atoms with Gasteiger partial charge < -0.3 is 22.1 Å². The highest BCUT2D eigenvalue weighted by Crippen LogP contribution is 2.20. The summed E-state index contributed by atoms with van der Waals surface area (Å²) in [5.74, 6) is 0. The van der Waals surface area contributed by atoms with Crippen LogP contribution in [0.2, 0.25) is 0 Å². The van der Waals surface area contributed by atoms with E-state index in [1.54, 1.807) is 0 Å². The Kier molecular flexibility index (Phi) is 6.89. The number of nitrogens with two attached hydrogens (primary N) is 2. The van der Waals surface area contributed by atoms with Crippen molar-refractivity contribution in [3.63, 3.8) is 0 Å². The van der Waals surface area contributed by atoms with Gasteiger partial charge in [0.1, 0.15) is 0 Å². The maximum absolute atomic E-state index is 11.9. The molecule has 0 bridgehead atoms. The maximum atomic E-state index is 11.9. The van der Waals surface area contributed by atoms with Gasteiger partial charge in [0, 0.05) is 23.5 Å². The summed E-state index contributed by atoms with van der Waals surface area (Å²) in [6.45, 7) is 3.82. The lowest BCUT2D eigenvalue weighted by molar-refractivity contribution is -0.384. The van der Waals surface area contributed by atoms with Crippen LogP contribution in [0.3, 0.4) is 0 Å². The average Bonchev–Trinajstić information content (AvgIpc) is 2.51. The highest BCUT2D eigenvalue weighted by Gasteiger charge is 2.08. The van der Waals surface area contributed by atoms with Crippen molar-refractivity contribution >= 4 is 29.1 Å². The number of anilines is 2. The number of nitrogens with zero attached hydrogens (tertiary/aromatic N) is 1. The van der Waals surface area contributed by atoms with Crippen LogP contribution in [0.4, 0.5) is 26.7 Å². The summed E-state index contributed by atoms with van der Waals surface area (Å²) in [6.07, 6.45) is 0. The summed E-state index contributed by atoms with van der Waals surface area (Å²) in [5, 5.41) is 16.0. The van der Waals surface area contributed by atoms with Crippen LogP contribution in [0.15, 0.2) is 42.5 Å². The number of hydrogen-bond acceptors (Lipinski definition) is 4. The van der Waals surface area contributed by atoms with Crippen molar-refractivity contribution in [2.24, 2.45) is 11.5 Å². The number of amides is 4. The molecule has 0 unspecified atom stereocenters. The third-order valence-electron chi connectivity index (χ3n) is 3.06. The fraction of sp³-hybridized carbons (Fsp3) is 0.125. The molecule has 6 N–H and O–H groups in total. The normalized spacial score (nSPS) is 9.36. The van der Waals surface area contributed by atoms with Crippen molar-refractivity contribution in [2.45, 2.75) is 13.8 Å². The van der Waals surface area contributed by atoms with E-state index in [0.717, 1.165) is 16.8 Å². The lowest BCUT2D eigenvalue weighted by Crippen LogP contribution is -2.20. The quantitative estimate of drug-likeness (QED) is 0.499. The molecule has 0 aliphatic heterocycles. The molecule has 0 saturated heterocycles. The molecule has 132 valence electrons. The first-order chi connectivity index (χ1) is 11.7. The topological polar surface area (TPSA) is 153 Å². The maximum Gasteiger partial charge on any atom is 0.323 e. The molecule has 0 atom stereocenters. The van der Waals surface area contributed by atoms with Crippen LogP contribution in [0.1, 0.15) is 11.1 Å². The fourth-order valence-corrected chi connectivity index (χ4v) is 1.95. The molecule has 2 aromatic carbocycles. The molecule has 25 heavy (non-hydrogen) atoms. The first-order valence-corrected chi connectivity index (χ1v) is 7.14. The Balaban J connectivity index is 0.000000705. The SMILES string of the molecule is Cc1cccc(C)c1NC(=O)Nc1ccc([N+](=O)[O-])cc1.NC(N)=O. The lowest BCUT2D eigenvalue weighted by Gasteiger charge is -2.12. The van der Waals surface area contributed by atoms with Crippen molar-refractivity contribution in [2.75, 3.05) is 10.6 Å². The number of nitro groups is 1. The minimum atomic E-state index is -0.833. The van der Waals surface area contributed by atoms with Gasteiger partial charge in [0.15, 0.2) is 0 Å². The van der Waals surface area contributed by atoms with E-state index in [0.29, 0.717) is 5.69 Å². The number of para-hydroxylation sites is 1. The van der Waals surface area contributed by atoms with Gasteiger partial charge in [-0.05, 0) is 37.1 Å². The summed E-state index contributed by atoms with van der Waals surface area (Å²) in [6, 6.07) is 10.2. The Bertz CT molecular complexity index is 750. The Morgan fingerprint density at radius 3 is 1.88 bits per heavy atom. The summed E-state index contributed by atoms with van der Waals surface area (Å²) in [4.78, 5) is 31.0. The van der Waals surface area contributed by atoms with Gasteiger partial charge in [-0.15, -0.1) is 0 Å². The zero-order valence-electron chi connectivity index (χ0n) is 13.8. The van der Waals surface area contributed by atoms with Crippen LogP contribution in [0.25, 0.3) is 0 Å². The summed E-state index contributed by atoms with van der Waals surface area (Å²) in [7, 11) is 0. The summed E-state index contributed by atoms with van der Waals surface area (Å²) < 4.78 is 0. The van der Waals surface area contributed by atoms with Crippen LogP contribution in [-0.4, -0.2) is 17.0 Å². The molecular formula is C16H19N5O4. The molecule has 0 aliphatic carbocycles. The molecule has 2 aromatic rings. The van der Waals surface area contributed by atoms with Crippen LogP contribution in [0.5, 0.6) is 0 Å². The van der Waals surface area contributed by atoms with E-state index in [-0.39, 0.29) is 11.7 Å².